The van der Waals surface area contributed by atoms with E-state index in [1.54, 1.807) is 30.9 Å². The zero-order valence-corrected chi connectivity index (χ0v) is 19.6. The summed E-state index contributed by atoms with van der Waals surface area (Å²) >= 11 is 1.18. The summed E-state index contributed by atoms with van der Waals surface area (Å²) in [6.07, 6.45) is 0.429. The number of imidazole rings is 1. The fourth-order valence-corrected chi connectivity index (χ4v) is 6.54. The SMILES string of the molecule is COc1ccccc1-n1c(SCC(=O)N(C)[C@@H]2CCS(=O)(=O)C2)nc2cc([N+](=O)[O-])ccc21. The fourth-order valence-electron chi connectivity index (χ4n) is 3.82. The topological polar surface area (TPSA) is 125 Å². The number of hydrogen-bond donors (Lipinski definition) is 0. The van der Waals surface area contributed by atoms with E-state index in [1.807, 2.05) is 18.2 Å². The number of benzene rings is 2. The molecule has 33 heavy (non-hydrogen) atoms. The second-order valence-electron chi connectivity index (χ2n) is 7.68. The molecule has 1 aliphatic rings. The lowest BCUT2D eigenvalue weighted by molar-refractivity contribution is -0.384. The molecule has 1 amide bonds. The highest BCUT2D eigenvalue weighted by Crippen LogP contribution is 2.34. The van der Waals surface area contributed by atoms with Gasteiger partial charge in [0, 0.05) is 25.2 Å². The summed E-state index contributed by atoms with van der Waals surface area (Å²) in [7, 11) is 0.0513. The maximum absolute atomic E-state index is 12.8. The Morgan fingerprint density at radius 3 is 2.76 bits per heavy atom. The van der Waals surface area contributed by atoms with Gasteiger partial charge in [0.2, 0.25) is 5.91 Å². The minimum absolute atomic E-state index is 0.0245. The number of para-hydroxylation sites is 2. The second-order valence-corrected chi connectivity index (χ2v) is 10.9. The molecule has 3 aromatic rings. The highest BCUT2D eigenvalue weighted by Gasteiger charge is 2.32. The molecule has 0 spiro atoms. The predicted octanol–water partition coefficient (Wildman–Crippen LogP) is 2.68. The smallest absolute Gasteiger partial charge is 0.271 e. The fraction of sp³-hybridized carbons (Fsp3) is 0.333. The number of methoxy groups -OCH3 is 1. The Morgan fingerprint density at radius 1 is 1.33 bits per heavy atom. The average molecular weight is 491 g/mol. The van der Waals surface area contributed by atoms with Crippen molar-refractivity contribution in [3.8, 4) is 11.4 Å². The summed E-state index contributed by atoms with van der Waals surface area (Å²) in [5.74, 6) is 0.463. The van der Waals surface area contributed by atoms with E-state index in [9.17, 15) is 23.3 Å². The number of rotatable bonds is 7. The Bertz CT molecular complexity index is 1340. The summed E-state index contributed by atoms with van der Waals surface area (Å²) in [5.41, 5.74) is 1.65. The molecule has 1 aliphatic heterocycles. The number of ether oxygens (including phenoxy) is 1. The van der Waals surface area contributed by atoms with Crippen LogP contribution in [0.15, 0.2) is 47.6 Å². The van der Waals surface area contributed by atoms with Crippen LogP contribution in [0.3, 0.4) is 0 Å². The van der Waals surface area contributed by atoms with Crippen LogP contribution in [0.2, 0.25) is 0 Å². The van der Waals surface area contributed by atoms with Crippen LogP contribution < -0.4 is 4.74 Å². The molecule has 12 heteroatoms. The van der Waals surface area contributed by atoms with Crippen molar-refractivity contribution in [3.05, 3.63) is 52.6 Å². The highest BCUT2D eigenvalue weighted by atomic mass is 32.2. The van der Waals surface area contributed by atoms with Gasteiger partial charge in [-0.25, -0.2) is 13.4 Å². The number of fused-ring (bicyclic) bond motifs is 1. The lowest BCUT2D eigenvalue weighted by Gasteiger charge is -2.23. The van der Waals surface area contributed by atoms with E-state index in [0.717, 1.165) is 0 Å². The normalized spacial score (nSPS) is 17.2. The molecular weight excluding hydrogens is 468 g/mol. The number of nitrogens with zero attached hydrogens (tertiary/aromatic N) is 4. The third-order valence-corrected chi connectivity index (χ3v) is 8.29. The number of nitro benzene ring substituents is 1. The molecule has 174 valence electrons. The molecule has 0 radical (unpaired) electrons. The summed E-state index contributed by atoms with van der Waals surface area (Å²) in [6.45, 7) is 0. The molecule has 0 saturated carbocycles. The van der Waals surface area contributed by atoms with Crippen molar-refractivity contribution in [1.82, 2.24) is 14.5 Å². The third-order valence-electron chi connectivity index (χ3n) is 5.62. The standard InChI is InChI=1S/C21H22N4O6S2/c1-23(15-9-10-33(29,30)13-15)20(26)12-32-21-22-16-11-14(25(27)28)7-8-17(16)24(21)18-5-3-4-6-19(18)31-2/h3-8,11,15H,9-10,12-13H2,1-2H3/t15-/m1/s1. The van der Waals surface area contributed by atoms with E-state index >= 15 is 0 Å². The number of nitro groups is 1. The minimum Gasteiger partial charge on any atom is -0.495 e. The first-order chi connectivity index (χ1) is 15.7. The van der Waals surface area contributed by atoms with Crippen molar-refractivity contribution < 1.29 is 22.9 Å². The molecule has 2 heterocycles. The molecule has 1 fully saturated rings. The Labute approximate surface area is 194 Å². The Balaban J connectivity index is 1.67. The highest BCUT2D eigenvalue weighted by molar-refractivity contribution is 7.99. The van der Waals surface area contributed by atoms with Gasteiger partial charge in [0.1, 0.15) is 5.75 Å². The maximum Gasteiger partial charge on any atom is 0.271 e. The molecular formula is C21H22N4O6S2. The largest absolute Gasteiger partial charge is 0.495 e. The van der Waals surface area contributed by atoms with E-state index < -0.39 is 14.8 Å². The van der Waals surface area contributed by atoms with Crippen LogP contribution in [0.5, 0.6) is 5.75 Å². The Hall–Kier alpha value is -3.12. The number of hydrogen-bond acceptors (Lipinski definition) is 8. The van der Waals surface area contributed by atoms with Gasteiger partial charge < -0.3 is 9.64 Å². The first kappa shape index (κ1) is 23.1. The Morgan fingerprint density at radius 2 is 2.09 bits per heavy atom. The predicted molar refractivity (Wildman–Crippen MR) is 125 cm³/mol. The second kappa shape index (κ2) is 9.02. The van der Waals surface area contributed by atoms with Crippen molar-refractivity contribution >= 4 is 44.2 Å². The van der Waals surface area contributed by atoms with E-state index in [1.165, 1.54) is 28.8 Å². The quantitative estimate of drug-likeness (QED) is 0.281. The minimum atomic E-state index is -3.11. The van der Waals surface area contributed by atoms with Crippen LogP contribution in [0.25, 0.3) is 16.7 Å². The summed E-state index contributed by atoms with van der Waals surface area (Å²) in [6, 6.07) is 11.4. The molecule has 0 unspecified atom stereocenters. The number of thioether (sulfide) groups is 1. The van der Waals surface area contributed by atoms with Crippen molar-refractivity contribution in [3.63, 3.8) is 0 Å². The summed E-state index contributed by atoms with van der Waals surface area (Å²) in [4.78, 5) is 29.6. The molecule has 1 saturated heterocycles. The number of sulfone groups is 1. The molecule has 4 rings (SSSR count). The van der Waals surface area contributed by atoms with Gasteiger partial charge in [0.05, 0.1) is 46.0 Å². The molecule has 0 aliphatic carbocycles. The number of carbonyl (C=O) groups is 1. The van der Waals surface area contributed by atoms with Crippen LogP contribution in [-0.4, -0.2) is 71.2 Å². The first-order valence-electron chi connectivity index (χ1n) is 10.1. The van der Waals surface area contributed by atoms with Gasteiger partial charge in [-0.3, -0.25) is 19.5 Å². The molecule has 0 bridgehead atoms. The van der Waals surface area contributed by atoms with Crippen LogP contribution >= 0.6 is 11.8 Å². The van der Waals surface area contributed by atoms with Gasteiger partial charge in [0.25, 0.3) is 5.69 Å². The van der Waals surface area contributed by atoms with E-state index in [4.69, 9.17) is 4.74 Å². The average Bonchev–Trinajstić information content (AvgIpc) is 3.35. The van der Waals surface area contributed by atoms with Crippen LogP contribution in [0.1, 0.15) is 6.42 Å². The Kier molecular flexibility index (Phi) is 6.30. The number of amides is 1. The van der Waals surface area contributed by atoms with Gasteiger partial charge in [0.15, 0.2) is 15.0 Å². The lowest BCUT2D eigenvalue weighted by Crippen LogP contribution is -2.38. The van der Waals surface area contributed by atoms with Gasteiger partial charge in [-0.15, -0.1) is 0 Å². The summed E-state index contributed by atoms with van der Waals surface area (Å²) in [5, 5.41) is 11.7. The van der Waals surface area contributed by atoms with Gasteiger partial charge >= 0.3 is 0 Å². The van der Waals surface area contributed by atoms with Gasteiger partial charge in [-0.05, 0) is 24.6 Å². The number of non-ortho nitro benzene ring substituents is 1. The molecule has 0 N–H and O–H groups in total. The van der Waals surface area contributed by atoms with E-state index in [2.05, 4.69) is 4.98 Å². The number of carbonyl (C=O) groups excluding carboxylic acids is 1. The zero-order valence-electron chi connectivity index (χ0n) is 18.0. The van der Waals surface area contributed by atoms with Crippen molar-refractivity contribution in [2.24, 2.45) is 0 Å². The van der Waals surface area contributed by atoms with Crippen molar-refractivity contribution in [1.29, 1.82) is 0 Å². The third kappa shape index (κ3) is 4.67. The molecule has 1 atom stereocenters. The lowest BCUT2D eigenvalue weighted by atomic mass is 10.2. The van der Waals surface area contributed by atoms with Crippen LogP contribution in [0, 0.1) is 10.1 Å². The maximum atomic E-state index is 12.8. The van der Waals surface area contributed by atoms with E-state index in [0.29, 0.717) is 34.0 Å². The zero-order chi connectivity index (χ0) is 23.8. The van der Waals surface area contributed by atoms with Crippen molar-refractivity contribution in [2.75, 3.05) is 31.4 Å². The monoisotopic (exact) mass is 490 g/mol. The van der Waals surface area contributed by atoms with Crippen LogP contribution in [-0.2, 0) is 14.6 Å². The molecule has 2 aromatic carbocycles. The number of aromatic nitrogens is 2. The van der Waals surface area contributed by atoms with Gasteiger partial charge in [-0.1, -0.05) is 23.9 Å². The van der Waals surface area contributed by atoms with Gasteiger partial charge in [-0.2, -0.15) is 0 Å². The first-order valence-corrected chi connectivity index (χ1v) is 12.9. The molecule has 1 aromatic heterocycles. The molecule has 10 nitrogen and oxygen atoms in total. The summed E-state index contributed by atoms with van der Waals surface area (Å²) < 4.78 is 30.8. The van der Waals surface area contributed by atoms with Crippen molar-refractivity contribution in [2.45, 2.75) is 17.6 Å². The van der Waals surface area contributed by atoms with Crippen LogP contribution in [0.4, 0.5) is 5.69 Å². The van der Waals surface area contributed by atoms with E-state index in [-0.39, 0.29) is 34.9 Å².